The Labute approximate surface area is 104 Å². The van der Waals surface area contributed by atoms with E-state index >= 15 is 0 Å². The zero-order valence-electron chi connectivity index (χ0n) is 10.4. The number of nitrogens with zero attached hydrogens (tertiary/aromatic N) is 1. The minimum Gasteiger partial charge on any atom is -0.418 e. The average molecular weight is 251 g/mol. The molecule has 0 saturated heterocycles. The van der Waals surface area contributed by atoms with Crippen molar-refractivity contribution in [3.8, 4) is 0 Å². The van der Waals surface area contributed by atoms with Crippen molar-refractivity contribution in [1.29, 1.82) is 0 Å². The molecule has 18 heavy (non-hydrogen) atoms. The number of hydrogen-bond acceptors (Lipinski definition) is 5. The molecule has 0 aromatic heterocycles. The fourth-order valence-corrected chi connectivity index (χ4v) is 2.06. The van der Waals surface area contributed by atoms with Crippen LogP contribution in [0.1, 0.15) is 27.0 Å². The molecule has 0 amide bonds. The van der Waals surface area contributed by atoms with Crippen molar-refractivity contribution in [3.05, 3.63) is 44.5 Å². The molecule has 1 aromatic rings. The Morgan fingerprint density at radius 3 is 2.56 bits per heavy atom. The number of ether oxygens (including phenoxy) is 2. The van der Waals surface area contributed by atoms with Crippen LogP contribution in [-0.2, 0) is 15.3 Å². The normalized spacial score (nSPS) is 21.6. The summed E-state index contributed by atoms with van der Waals surface area (Å²) in [5.41, 5.74) is 2.62. The molecule has 0 N–H and O–H groups in total. The van der Waals surface area contributed by atoms with Gasteiger partial charge >= 0.3 is 11.8 Å². The highest BCUT2D eigenvalue weighted by atomic mass is 16.7. The molecule has 1 aromatic carbocycles. The SMILES string of the molecule is COC1(C[N+](=O)[O-])OC(=O)c2cc(C)c(C)cc21. The summed E-state index contributed by atoms with van der Waals surface area (Å²) in [4.78, 5) is 21.9. The fraction of sp³-hybridized carbons (Fsp3) is 0.417. The Kier molecular flexibility index (Phi) is 2.82. The molecule has 0 spiro atoms. The first kappa shape index (κ1) is 12.5. The quantitative estimate of drug-likeness (QED) is 0.462. The second-order valence-corrected chi connectivity index (χ2v) is 4.32. The van der Waals surface area contributed by atoms with E-state index in [2.05, 4.69) is 0 Å². The second-order valence-electron chi connectivity index (χ2n) is 4.32. The summed E-state index contributed by atoms with van der Waals surface area (Å²) < 4.78 is 10.2. The smallest absolute Gasteiger partial charge is 0.341 e. The lowest BCUT2D eigenvalue weighted by Crippen LogP contribution is -2.36. The van der Waals surface area contributed by atoms with Gasteiger partial charge in [0.15, 0.2) is 0 Å². The lowest BCUT2D eigenvalue weighted by molar-refractivity contribution is -0.520. The van der Waals surface area contributed by atoms with Crippen LogP contribution < -0.4 is 0 Å². The van der Waals surface area contributed by atoms with Crippen LogP contribution in [0, 0.1) is 24.0 Å². The first-order valence-corrected chi connectivity index (χ1v) is 5.41. The molecule has 6 nitrogen and oxygen atoms in total. The standard InChI is InChI=1S/C12H13NO5/c1-7-4-9-10(5-8(7)2)12(17-3,6-13(15)16)18-11(9)14/h4-5H,6H2,1-3H3. The summed E-state index contributed by atoms with van der Waals surface area (Å²) in [6, 6.07) is 3.39. The van der Waals surface area contributed by atoms with Crippen molar-refractivity contribution in [3.63, 3.8) is 0 Å². The number of methoxy groups -OCH3 is 1. The van der Waals surface area contributed by atoms with E-state index < -0.39 is 23.2 Å². The summed E-state index contributed by atoms with van der Waals surface area (Å²) in [6.45, 7) is 3.12. The third-order valence-corrected chi connectivity index (χ3v) is 3.19. The van der Waals surface area contributed by atoms with Crippen LogP contribution >= 0.6 is 0 Å². The van der Waals surface area contributed by atoms with Gasteiger partial charge in [0.25, 0.3) is 6.54 Å². The summed E-state index contributed by atoms with van der Waals surface area (Å²) in [5.74, 6) is -2.19. The van der Waals surface area contributed by atoms with E-state index in [-0.39, 0.29) is 0 Å². The highest BCUT2D eigenvalue weighted by Crippen LogP contribution is 2.38. The Hall–Kier alpha value is -1.95. The van der Waals surface area contributed by atoms with E-state index in [1.807, 2.05) is 13.8 Å². The van der Waals surface area contributed by atoms with Gasteiger partial charge in [-0.1, -0.05) is 0 Å². The van der Waals surface area contributed by atoms with E-state index in [1.165, 1.54) is 7.11 Å². The van der Waals surface area contributed by atoms with Crippen LogP contribution in [0.5, 0.6) is 0 Å². The average Bonchev–Trinajstić information content (AvgIpc) is 2.53. The van der Waals surface area contributed by atoms with Crippen LogP contribution in [0.3, 0.4) is 0 Å². The number of fused-ring (bicyclic) bond motifs is 1. The summed E-state index contributed by atoms with van der Waals surface area (Å²) >= 11 is 0. The Bertz CT molecular complexity index is 540. The molecule has 1 aliphatic rings. The molecule has 0 fully saturated rings. The summed E-state index contributed by atoms with van der Waals surface area (Å²) in [6.07, 6.45) is 0. The summed E-state index contributed by atoms with van der Waals surface area (Å²) in [5, 5.41) is 10.7. The van der Waals surface area contributed by atoms with E-state index in [4.69, 9.17) is 9.47 Å². The molecular formula is C12H13NO5. The zero-order valence-corrected chi connectivity index (χ0v) is 10.4. The molecular weight excluding hydrogens is 238 g/mol. The van der Waals surface area contributed by atoms with E-state index in [0.717, 1.165) is 11.1 Å². The topological polar surface area (TPSA) is 78.7 Å². The third-order valence-electron chi connectivity index (χ3n) is 3.19. The van der Waals surface area contributed by atoms with E-state index in [0.29, 0.717) is 11.1 Å². The van der Waals surface area contributed by atoms with Gasteiger partial charge in [0.2, 0.25) is 0 Å². The maximum Gasteiger partial charge on any atom is 0.341 e. The van der Waals surface area contributed by atoms with Crippen LogP contribution in [0.4, 0.5) is 0 Å². The van der Waals surface area contributed by atoms with Gasteiger partial charge in [0.1, 0.15) is 0 Å². The third kappa shape index (κ3) is 1.74. The number of carbonyl (C=O) groups is 1. The van der Waals surface area contributed by atoms with Gasteiger partial charge in [0.05, 0.1) is 5.56 Å². The molecule has 2 rings (SSSR count). The zero-order chi connectivity index (χ0) is 13.5. The molecule has 1 unspecified atom stereocenters. The van der Waals surface area contributed by atoms with Crippen LogP contribution in [0.15, 0.2) is 12.1 Å². The number of carbonyl (C=O) groups excluding carboxylic acids is 1. The van der Waals surface area contributed by atoms with E-state index in [1.54, 1.807) is 12.1 Å². The maximum absolute atomic E-state index is 11.8. The number of rotatable bonds is 3. The van der Waals surface area contributed by atoms with Gasteiger partial charge in [-0.05, 0) is 37.1 Å². The van der Waals surface area contributed by atoms with Gasteiger partial charge in [0, 0.05) is 17.6 Å². The number of benzene rings is 1. The second kappa shape index (κ2) is 4.06. The highest BCUT2D eigenvalue weighted by Gasteiger charge is 2.50. The molecule has 0 bridgehead atoms. The van der Waals surface area contributed by atoms with Gasteiger partial charge in [-0.25, -0.2) is 4.79 Å². The van der Waals surface area contributed by atoms with Crippen molar-refractivity contribution in [1.82, 2.24) is 0 Å². The van der Waals surface area contributed by atoms with Crippen molar-refractivity contribution >= 4 is 5.97 Å². The first-order chi connectivity index (χ1) is 8.39. The van der Waals surface area contributed by atoms with Gasteiger partial charge in [-0.3, -0.25) is 10.1 Å². The largest absolute Gasteiger partial charge is 0.418 e. The van der Waals surface area contributed by atoms with Gasteiger partial charge < -0.3 is 9.47 Å². The minimum absolute atomic E-state index is 0.335. The maximum atomic E-state index is 11.8. The summed E-state index contributed by atoms with van der Waals surface area (Å²) in [7, 11) is 1.29. The van der Waals surface area contributed by atoms with Crippen LogP contribution in [-0.4, -0.2) is 24.5 Å². The predicted molar refractivity (Wildman–Crippen MR) is 61.9 cm³/mol. The van der Waals surface area contributed by atoms with E-state index in [9.17, 15) is 14.9 Å². The lowest BCUT2D eigenvalue weighted by Gasteiger charge is -2.22. The van der Waals surface area contributed by atoms with Gasteiger partial charge in [-0.15, -0.1) is 0 Å². The van der Waals surface area contributed by atoms with Crippen LogP contribution in [0.2, 0.25) is 0 Å². The van der Waals surface area contributed by atoms with Crippen LogP contribution in [0.25, 0.3) is 0 Å². The molecule has 6 heteroatoms. The van der Waals surface area contributed by atoms with Crippen molar-refractivity contribution in [2.75, 3.05) is 13.7 Å². The first-order valence-electron chi connectivity index (χ1n) is 5.41. The Balaban J connectivity index is 2.60. The number of nitro groups is 1. The lowest BCUT2D eigenvalue weighted by atomic mass is 9.96. The molecule has 96 valence electrons. The van der Waals surface area contributed by atoms with Crippen molar-refractivity contribution in [2.24, 2.45) is 0 Å². The highest BCUT2D eigenvalue weighted by molar-refractivity contribution is 5.95. The molecule has 0 radical (unpaired) electrons. The molecule has 0 saturated carbocycles. The Morgan fingerprint density at radius 1 is 1.39 bits per heavy atom. The van der Waals surface area contributed by atoms with Gasteiger partial charge in [-0.2, -0.15) is 0 Å². The predicted octanol–water partition coefficient (Wildman–Crippen LogP) is 1.55. The number of hydrogen-bond donors (Lipinski definition) is 0. The molecule has 1 aliphatic heterocycles. The monoisotopic (exact) mass is 251 g/mol. The van der Waals surface area contributed by atoms with Crippen molar-refractivity contribution in [2.45, 2.75) is 19.6 Å². The van der Waals surface area contributed by atoms with Crippen molar-refractivity contribution < 1.29 is 19.2 Å². The minimum atomic E-state index is -1.60. The molecule has 1 heterocycles. The number of esters is 1. The Morgan fingerprint density at radius 2 is 2.00 bits per heavy atom. The molecule has 1 atom stereocenters. The fourth-order valence-electron chi connectivity index (χ4n) is 2.06. The molecule has 0 aliphatic carbocycles. The number of aryl methyl sites for hydroxylation is 2. The number of cyclic esters (lactones) is 1.